The lowest BCUT2D eigenvalue weighted by atomic mass is 10.2. The fourth-order valence-corrected chi connectivity index (χ4v) is 2.01. The number of nitrogens with one attached hydrogen (secondary N) is 2. The molecule has 0 aromatic rings. The summed E-state index contributed by atoms with van der Waals surface area (Å²) in [6, 6.07) is 0.0197. The molecule has 1 aliphatic rings. The third-order valence-corrected chi connectivity index (χ3v) is 2.74. The predicted octanol–water partition coefficient (Wildman–Crippen LogP) is 1.08. The Hall–Kier alpha value is -1.56. The minimum absolute atomic E-state index is 0.00830. The molecule has 108 valence electrons. The quantitative estimate of drug-likeness (QED) is 0.665. The number of amides is 1. The predicted molar refractivity (Wildman–Crippen MR) is 75.2 cm³/mol. The zero-order valence-corrected chi connectivity index (χ0v) is 11.8. The summed E-state index contributed by atoms with van der Waals surface area (Å²) in [5, 5.41) is 9.93. The van der Waals surface area contributed by atoms with Crippen LogP contribution >= 0.6 is 0 Å². The second kappa shape index (κ2) is 6.56. The Kier molecular flexibility index (Phi) is 5.35. The van der Waals surface area contributed by atoms with E-state index in [1.807, 2.05) is 20.8 Å². The Morgan fingerprint density at radius 3 is 2.84 bits per heavy atom. The highest BCUT2D eigenvalue weighted by atomic mass is 16.6. The molecule has 1 aliphatic heterocycles. The second-order valence-electron chi connectivity index (χ2n) is 5.72. The number of rotatable bonds is 4. The van der Waals surface area contributed by atoms with Gasteiger partial charge in [-0.1, -0.05) is 0 Å². The SMILES string of the molecule is CC(C)(C)OC(=O)N1C[C@H](N)C[C@H]1CN/C=C\C=N. The van der Waals surface area contributed by atoms with Crippen molar-refractivity contribution in [3.05, 3.63) is 12.3 Å². The van der Waals surface area contributed by atoms with Crippen LogP contribution in [0.25, 0.3) is 0 Å². The summed E-state index contributed by atoms with van der Waals surface area (Å²) < 4.78 is 5.38. The lowest BCUT2D eigenvalue weighted by Gasteiger charge is -2.28. The van der Waals surface area contributed by atoms with Gasteiger partial charge in [0.05, 0.1) is 6.04 Å². The van der Waals surface area contributed by atoms with Gasteiger partial charge in [0.15, 0.2) is 0 Å². The van der Waals surface area contributed by atoms with E-state index in [-0.39, 0.29) is 18.2 Å². The lowest BCUT2D eigenvalue weighted by Crippen LogP contribution is -2.43. The molecule has 1 heterocycles. The number of allylic oxidation sites excluding steroid dienone is 1. The van der Waals surface area contributed by atoms with Gasteiger partial charge in [-0.15, -0.1) is 0 Å². The van der Waals surface area contributed by atoms with Crippen LogP contribution in [0, 0.1) is 5.41 Å². The van der Waals surface area contributed by atoms with Crippen LogP contribution in [0.15, 0.2) is 12.3 Å². The van der Waals surface area contributed by atoms with Crippen molar-refractivity contribution in [1.82, 2.24) is 10.2 Å². The van der Waals surface area contributed by atoms with Crippen LogP contribution in [0.4, 0.5) is 4.79 Å². The molecule has 1 fully saturated rings. The maximum Gasteiger partial charge on any atom is 0.410 e. The maximum absolute atomic E-state index is 12.1. The number of hydrogen-bond acceptors (Lipinski definition) is 5. The van der Waals surface area contributed by atoms with Crippen molar-refractivity contribution in [2.24, 2.45) is 5.73 Å². The average molecular weight is 268 g/mol. The van der Waals surface area contributed by atoms with Crippen molar-refractivity contribution < 1.29 is 9.53 Å². The van der Waals surface area contributed by atoms with Crippen molar-refractivity contribution in [1.29, 1.82) is 5.41 Å². The molecule has 0 unspecified atom stereocenters. The molecule has 0 saturated carbocycles. The number of carbonyl (C=O) groups is 1. The Labute approximate surface area is 114 Å². The molecule has 0 aliphatic carbocycles. The molecule has 4 N–H and O–H groups in total. The fraction of sp³-hybridized carbons (Fsp3) is 0.692. The van der Waals surface area contributed by atoms with Crippen LogP contribution in [0.1, 0.15) is 27.2 Å². The maximum atomic E-state index is 12.1. The summed E-state index contributed by atoms with van der Waals surface area (Å²) in [5.41, 5.74) is 5.42. The van der Waals surface area contributed by atoms with Gasteiger partial charge in [0, 0.05) is 25.3 Å². The van der Waals surface area contributed by atoms with Crippen LogP contribution in [0.5, 0.6) is 0 Å². The van der Waals surface area contributed by atoms with Crippen molar-refractivity contribution in [3.8, 4) is 0 Å². The molecule has 1 saturated heterocycles. The molecule has 0 aromatic carbocycles. The highest BCUT2D eigenvalue weighted by Crippen LogP contribution is 2.19. The summed E-state index contributed by atoms with van der Waals surface area (Å²) in [5.74, 6) is 0. The van der Waals surface area contributed by atoms with Gasteiger partial charge >= 0.3 is 6.09 Å². The van der Waals surface area contributed by atoms with E-state index in [0.717, 1.165) is 6.42 Å². The highest BCUT2D eigenvalue weighted by molar-refractivity contribution is 5.69. The lowest BCUT2D eigenvalue weighted by molar-refractivity contribution is 0.0227. The fourth-order valence-electron chi connectivity index (χ4n) is 2.01. The molecule has 0 bridgehead atoms. The number of nitrogens with two attached hydrogens (primary N) is 1. The molecule has 0 spiro atoms. The molecular formula is C13H24N4O2. The summed E-state index contributed by atoms with van der Waals surface area (Å²) in [4.78, 5) is 13.8. The van der Waals surface area contributed by atoms with E-state index in [4.69, 9.17) is 15.9 Å². The zero-order valence-electron chi connectivity index (χ0n) is 11.8. The van der Waals surface area contributed by atoms with E-state index < -0.39 is 5.60 Å². The normalized spacial score (nSPS) is 23.7. The Morgan fingerprint density at radius 2 is 2.26 bits per heavy atom. The topological polar surface area (TPSA) is 91.4 Å². The largest absolute Gasteiger partial charge is 0.444 e. The summed E-state index contributed by atoms with van der Waals surface area (Å²) >= 11 is 0. The first-order valence-corrected chi connectivity index (χ1v) is 6.47. The molecule has 6 nitrogen and oxygen atoms in total. The van der Waals surface area contributed by atoms with E-state index in [1.165, 1.54) is 6.21 Å². The first-order valence-electron chi connectivity index (χ1n) is 6.47. The minimum atomic E-state index is -0.498. The minimum Gasteiger partial charge on any atom is -0.444 e. The van der Waals surface area contributed by atoms with Crippen LogP contribution in [-0.4, -0.2) is 48.0 Å². The Morgan fingerprint density at radius 1 is 1.58 bits per heavy atom. The van der Waals surface area contributed by atoms with E-state index in [9.17, 15) is 4.79 Å². The van der Waals surface area contributed by atoms with Gasteiger partial charge in [0.1, 0.15) is 5.60 Å². The summed E-state index contributed by atoms with van der Waals surface area (Å²) in [6.07, 6.45) is 4.91. The van der Waals surface area contributed by atoms with E-state index in [0.29, 0.717) is 13.1 Å². The monoisotopic (exact) mass is 268 g/mol. The first kappa shape index (κ1) is 15.5. The van der Waals surface area contributed by atoms with Crippen molar-refractivity contribution in [2.75, 3.05) is 13.1 Å². The van der Waals surface area contributed by atoms with E-state index in [2.05, 4.69) is 5.32 Å². The molecule has 19 heavy (non-hydrogen) atoms. The van der Waals surface area contributed by atoms with Gasteiger partial charge in [-0.2, -0.15) is 0 Å². The van der Waals surface area contributed by atoms with Gasteiger partial charge in [-0.05, 0) is 39.5 Å². The molecule has 2 atom stereocenters. The number of hydrogen-bond donors (Lipinski definition) is 3. The summed E-state index contributed by atoms with van der Waals surface area (Å²) in [7, 11) is 0. The third-order valence-electron chi connectivity index (χ3n) is 2.74. The van der Waals surface area contributed by atoms with Crippen LogP contribution in [0.3, 0.4) is 0 Å². The van der Waals surface area contributed by atoms with Crippen molar-refractivity contribution in [2.45, 2.75) is 44.9 Å². The van der Waals surface area contributed by atoms with Gasteiger partial charge < -0.3 is 26.1 Å². The third kappa shape index (κ3) is 5.30. The van der Waals surface area contributed by atoms with E-state index >= 15 is 0 Å². The first-order chi connectivity index (χ1) is 8.83. The second-order valence-corrected chi connectivity index (χ2v) is 5.72. The number of likely N-dealkylation sites (tertiary alicyclic amines) is 1. The summed E-state index contributed by atoms with van der Waals surface area (Å²) in [6.45, 7) is 6.68. The van der Waals surface area contributed by atoms with Crippen LogP contribution < -0.4 is 11.1 Å². The van der Waals surface area contributed by atoms with Gasteiger partial charge in [0.2, 0.25) is 0 Å². The van der Waals surface area contributed by atoms with Crippen molar-refractivity contribution >= 4 is 12.3 Å². The smallest absolute Gasteiger partial charge is 0.410 e. The molecule has 0 radical (unpaired) electrons. The van der Waals surface area contributed by atoms with Crippen LogP contribution in [-0.2, 0) is 4.74 Å². The van der Waals surface area contributed by atoms with Gasteiger partial charge in [0.25, 0.3) is 0 Å². The van der Waals surface area contributed by atoms with E-state index in [1.54, 1.807) is 17.2 Å². The molecule has 1 rings (SSSR count). The van der Waals surface area contributed by atoms with Gasteiger partial charge in [-0.25, -0.2) is 4.79 Å². The Bertz CT molecular complexity index is 349. The highest BCUT2D eigenvalue weighted by Gasteiger charge is 2.35. The van der Waals surface area contributed by atoms with Crippen LogP contribution in [0.2, 0.25) is 0 Å². The van der Waals surface area contributed by atoms with Gasteiger partial charge in [-0.3, -0.25) is 0 Å². The molecule has 6 heteroatoms. The Balaban J connectivity index is 2.56. The number of ether oxygens (including phenoxy) is 1. The zero-order chi connectivity index (χ0) is 14.5. The molecule has 1 amide bonds. The number of nitrogens with zero attached hydrogens (tertiary/aromatic N) is 1. The molecule has 0 aromatic heterocycles. The number of carbonyl (C=O) groups excluding carboxylic acids is 1. The standard InChI is InChI=1S/C13H24N4O2/c1-13(2,3)19-12(18)17-9-10(15)7-11(17)8-16-6-4-5-14/h4-6,10-11,14,16H,7-9,15H2,1-3H3/b6-4-,14-5?/t10-,11+/m1/s1. The average Bonchev–Trinajstić information content (AvgIpc) is 2.64. The molecular weight excluding hydrogens is 244 g/mol. The van der Waals surface area contributed by atoms with Crippen molar-refractivity contribution in [3.63, 3.8) is 0 Å².